The maximum atomic E-state index is 12.9. The van der Waals surface area contributed by atoms with Gasteiger partial charge in [0.25, 0.3) is 0 Å². The van der Waals surface area contributed by atoms with Crippen molar-refractivity contribution in [1.82, 2.24) is 10.6 Å². The first-order chi connectivity index (χ1) is 13.3. The van der Waals surface area contributed by atoms with E-state index in [1.54, 1.807) is 7.11 Å². The fourth-order valence-electron chi connectivity index (χ4n) is 2.89. The lowest BCUT2D eigenvalue weighted by molar-refractivity contribution is -0.123. The van der Waals surface area contributed by atoms with Crippen LogP contribution in [0.15, 0.2) is 84.9 Å². The van der Waals surface area contributed by atoms with E-state index in [9.17, 15) is 4.79 Å². The van der Waals surface area contributed by atoms with Gasteiger partial charge in [0.1, 0.15) is 11.8 Å². The number of rotatable bonds is 8. The molecule has 0 saturated carbocycles. The van der Waals surface area contributed by atoms with Gasteiger partial charge in [0.2, 0.25) is 5.91 Å². The predicted octanol–water partition coefficient (Wildman–Crippen LogP) is 3.84. The van der Waals surface area contributed by atoms with Crippen LogP contribution in [-0.2, 0) is 17.9 Å². The molecule has 0 bridgehead atoms. The number of hydrogen-bond donors (Lipinski definition) is 2. The zero-order chi connectivity index (χ0) is 18.9. The highest BCUT2D eigenvalue weighted by molar-refractivity contribution is 5.83. The number of benzene rings is 3. The van der Waals surface area contributed by atoms with Crippen LogP contribution in [0.4, 0.5) is 0 Å². The monoisotopic (exact) mass is 360 g/mol. The van der Waals surface area contributed by atoms with E-state index in [-0.39, 0.29) is 5.91 Å². The molecule has 1 atom stereocenters. The van der Waals surface area contributed by atoms with Crippen molar-refractivity contribution in [3.8, 4) is 5.75 Å². The van der Waals surface area contributed by atoms with E-state index >= 15 is 0 Å². The Kier molecular flexibility index (Phi) is 6.61. The lowest BCUT2D eigenvalue weighted by Gasteiger charge is -2.20. The molecule has 0 radical (unpaired) electrons. The maximum Gasteiger partial charge on any atom is 0.242 e. The van der Waals surface area contributed by atoms with Crippen molar-refractivity contribution in [1.29, 1.82) is 0 Å². The highest BCUT2D eigenvalue weighted by Gasteiger charge is 2.20. The normalized spacial score (nSPS) is 11.6. The van der Waals surface area contributed by atoms with Crippen molar-refractivity contribution >= 4 is 5.91 Å². The molecule has 138 valence electrons. The molecule has 1 amide bonds. The number of methoxy groups -OCH3 is 1. The van der Waals surface area contributed by atoms with Crippen LogP contribution in [0.25, 0.3) is 0 Å². The summed E-state index contributed by atoms with van der Waals surface area (Å²) >= 11 is 0. The molecule has 3 aromatic carbocycles. The first kappa shape index (κ1) is 18.7. The Balaban J connectivity index is 1.74. The lowest BCUT2D eigenvalue weighted by atomic mass is 10.0. The third-order valence-corrected chi connectivity index (χ3v) is 4.35. The van der Waals surface area contributed by atoms with Crippen molar-refractivity contribution in [2.45, 2.75) is 19.1 Å². The number of carbonyl (C=O) groups excluding carboxylic acids is 1. The summed E-state index contributed by atoms with van der Waals surface area (Å²) in [5, 5.41) is 6.40. The number of carbonyl (C=O) groups is 1. The molecule has 0 aromatic heterocycles. The average Bonchev–Trinajstić information content (AvgIpc) is 2.74. The molecular weight excluding hydrogens is 336 g/mol. The van der Waals surface area contributed by atoms with Crippen LogP contribution in [-0.4, -0.2) is 13.0 Å². The SMILES string of the molecule is COc1cccc(C(NCc2ccccc2)C(=O)NCc2ccccc2)c1. The zero-order valence-corrected chi connectivity index (χ0v) is 15.4. The molecule has 0 spiro atoms. The van der Waals surface area contributed by atoms with E-state index in [0.29, 0.717) is 13.1 Å². The van der Waals surface area contributed by atoms with Crippen molar-refractivity contribution in [3.63, 3.8) is 0 Å². The second-order valence-electron chi connectivity index (χ2n) is 6.28. The Morgan fingerprint density at radius 2 is 1.48 bits per heavy atom. The van der Waals surface area contributed by atoms with Crippen LogP contribution >= 0.6 is 0 Å². The van der Waals surface area contributed by atoms with E-state index in [2.05, 4.69) is 10.6 Å². The number of nitrogens with one attached hydrogen (secondary N) is 2. The van der Waals surface area contributed by atoms with Gasteiger partial charge in [-0.3, -0.25) is 10.1 Å². The number of hydrogen-bond acceptors (Lipinski definition) is 3. The number of amides is 1. The highest BCUT2D eigenvalue weighted by Crippen LogP contribution is 2.20. The molecule has 2 N–H and O–H groups in total. The Morgan fingerprint density at radius 1 is 0.852 bits per heavy atom. The van der Waals surface area contributed by atoms with Gasteiger partial charge in [-0.1, -0.05) is 72.8 Å². The Morgan fingerprint density at radius 3 is 2.11 bits per heavy atom. The van der Waals surface area contributed by atoms with Gasteiger partial charge in [0.15, 0.2) is 0 Å². The van der Waals surface area contributed by atoms with E-state index in [0.717, 1.165) is 22.4 Å². The highest BCUT2D eigenvalue weighted by atomic mass is 16.5. The summed E-state index contributed by atoms with van der Waals surface area (Å²) in [6.07, 6.45) is 0. The molecule has 0 fully saturated rings. The molecule has 4 nitrogen and oxygen atoms in total. The molecular formula is C23H24N2O2. The average molecular weight is 360 g/mol. The van der Waals surface area contributed by atoms with Crippen molar-refractivity contribution in [3.05, 3.63) is 102 Å². The molecule has 0 aliphatic carbocycles. The summed E-state index contributed by atoms with van der Waals surface area (Å²) < 4.78 is 5.32. The summed E-state index contributed by atoms with van der Waals surface area (Å²) in [4.78, 5) is 12.9. The molecule has 1 unspecified atom stereocenters. The van der Waals surface area contributed by atoms with Gasteiger partial charge in [-0.15, -0.1) is 0 Å². The smallest absolute Gasteiger partial charge is 0.242 e. The van der Waals surface area contributed by atoms with Crippen molar-refractivity contribution < 1.29 is 9.53 Å². The molecule has 3 aromatic rings. The summed E-state index contributed by atoms with van der Waals surface area (Å²) in [7, 11) is 1.63. The van der Waals surface area contributed by atoms with E-state index in [4.69, 9.17) is 4.74 Å². The number of ether oxygens (including phenoxy) is 1. The standard InChI is InChI=1S/C23H24N2O2/c1-27-21-14-8-13-20(15-21)22(24-16-18-9-4-2-5-10-18)23(26)25-17-19-11-6-3-7-12-19/h2-15,22,24H,16-17H2,1H3,(H,25,26). The quantitative estimate of drug-likeness (QED) is 0.642. The maximum absolute atomic E-state index is 12.9. The fourth-order valence-corrected chi connectivity index (χ4v) is 2.89. The van der Waals surface area contributed by atoms with Crippen molar-refractivity contribution in [2.75, 3.05) is 7.11 Å². The van der Waals surface area contributed by atoms with E-state index < -0.39 is 6.04 Å². The first-order valence-electron chi connectivity index (χ1n) is 8.99. The van der Waals surface area contributed by atoms with Gasteiger partial charge in [0.05, 0.1) is 7.11 Å². The van der Waals surface area contributed by atoms with Crippen LogP contribution in [0.1, 0.15) is 22.7 Å². The minimum absolute atomic E-state index is 0.0666. The van der Waals surface area contributed by atoms with Gasteiger partial charge in [0, 0.05) is 13.1 Å². The van der Waals surface area contributed by atoms with Gasteiger partial charge < -0.3 is 10.1 Å². The topological polar surface area (TPSA) is 50.4 Å². The summed E-state index contributed by atoms with van der Waals surface area (Å²) in [6.45, 7) is 1.09. The molecule has 3 rings (SSSR count). The predicted molar refractivity (Wildman–Crippen MR) is 107 cm³/mol. The third kappa shape index (κ3) is 5.43. The summed E-state index contributed by atoms with van der Waals surface area (Å²) in [5.74, 6) is 0.665. The third-order valence-electron chi connectivity index (χ3n) is 4.35. The van der Waals surface area contributed by atoms with Gasteiger partial charge in [-0.2, -0.15) is 0 Å². The summed E-state index contributed by atoms with van der Waals surface area (Å²) in [6, 6.07) is 27.1. The Hall–Kier alpha value is -3.11. The van der Waals surface area contributed by atoms with Crippen LogP contribution in [0.2, 0.25) is 0 Å². The van der Waals surface area contributed by atoms with Crippen LogP contribution in [0.3, 0.4) is 0 Å². The molecule has 0 saturated heterocycles. The second kappa shape index (κ2) is 9.55. The van der Waals surface area contributed by atoms with E-state index in [1.807, 2.05) is 84.9 Å². The molecule has 27 heavy (non-hydrogen) atoms. The molecule has 4 heteroatoms. The zero-order valence-electron chi connectivity index (χ0n) is 15.4. The van der Waals surface area contributed by atoms with Crippen LogP contribution < -0.4 is 15.4 Å². The summed E-state index contributed by atoms with van der Waals surface area (Å²) in [5.41, 5.74) is 3.07. The second-order valence-corrected chi connectivity index (χ2v) is 6.28. The fraction of sp³-hybridized carbons (Fsp3) is 0.174. The Bertz CT molecular complexity index is 851. The first-order valence-corrected chi connectivity index (χ1v) is 8.99. The molecule has 0 aliphatic rings. The van der Waals surface area contributed by atoms with Crippen molar-refractivity contribution in [2.24, 2.45) is 0 Å². The molecule has 0 heterocycles. The Labute approximate surface area is 160 Å². The van der Waals surface area contributed by atoms with Gasteiger partial charge in [-0.05, 0) is 28.8 Å². The van der Waals surface area contributed by atoms with Gasteiger partial charge >= 0.3 is 0 Å². The minimum Gasteiger partial charge on any atom is -0.497 e. The lowest BCUT2D eigenvalue weighted by Crippen LogP contribution is -2.37. The van der Waals surface area contributed by atoms with Crippen LogP contribution in [0, 0.1) is 0 Å². The van der Waals surface area contributed by atoms with E-state index in [1.165, 1.54) is 0 Å². The minimum atomic E-state index is -0.469. The molecule has 0 aliphatic heterocycles. The largest absolute Gasteiger partial charge is 0.497 e. The van der Waals surface area contributed by atoms with Crippen LogP contribution in [0.5, 0.6) is 5.75 Å². The van der Waals surface area contributed by atoms with Gasteiger partial charge in [-0.25, -0.2) is 0 Å².